The fraction of sp³-hybridized carbons (Fsp3) is 0.261. The number of ether oxygens (including phenoxy) is 3. The summed E-state index contributed by atoms with van der Waals surface area (Å²) in [5.41, 5.74) is 2.81. The van der Waals surface area contributed by atoms with Gasteiger partial charge in [0.15, 0.2) is 11.5 Å². The molecule has 5 rings (SSSR count). The van der Waals surface area contributed by atoms with Crippen molar-refractivity contribution in [1.82, 2.24) is 5.01 Å². The van der Waals surface area contributed by atoms with Gasteiger partial charge < -0.3 is 18.6 Å². The van der Waals surface area contributed by atoms with Gasteiger partial charge in [0.25, 0.3) is 0 Å². The smallest absolute Gasteiger partial charge is 0.214 e. The first-order chi connectivity index (χ1) is 14.6. The predicted octanol–water partition coefficient (Wildman–Crippen LogP) is 5.50. The number of fused-ring (bicyclic) bond motifs is 3. The molecule has 0 N–H and O–H groups in total. The standard InChI is InChI=1S/C23H21ClN2O4/c1-13-4-7-20(29-13)17-12-18-16-11-15(24)6-9-19(16)30-23(26(18)25-17)14-5-8-21(27-2)22(10-14)28-3/h4-11,18,23H,12H2,1-3H3. The number of aryl methyl sites for hydroxylation is 1. The zero-order valence-electron chi connectivity index (χ0n) is 16.9. The summed E-state index contributed by atoms with van der Waals surface area (Å²) in [7, 11) is 3.24. The maximum atomic E-state index is 6.38. The highest BCUT2D eigenvalue weighted by molar-refractivity contribution is 6.30. The van der Waals surface area contributed by atoms with Crippen molar-refractivity contribution in [3.05, 3.63) is 76.2 Å². The Balaban J connectivity index is 1.60. The van der Waals surface area contributed by atoms with Gasteiger partial charge in [-0.15, -0.1) is 0 Å². The molecule has 3 heterocycles. The Bertz CT molecular complexity index is 1140. The van der Waals surface area contributed by atoms with Crippen LogP contribution < -0.4 is 14.2 Å². The zero-order valence-corrected chi connectivity index (χ0v) is 17.6. The van der Waals surface area contributed by atoms with Crippen molar-refractivity contribution in [3.63, 3.8) is 0 Å². The van der Waals surface area contributed by atoms with Crippen LogP contribution in [0.2, 0.25) is 5.02 Å². The minimum absolute atomic E-state index is 0.00838. The van der Waals surface area contributed by atoms with Gasteiger partial charge in [-0.05, 0) is 55.5 Å². The molecule has 0 aliphatic carbocycles. The number of rotatable bonds is 4. The lowest BCUT2D eigenvalue weighted by molar-refractivity contribution is -0.0191. The van der Waals surface area contributed by atoms with Crippen LogP contribution in [0, 0.1) is 6.92 Å². The number of benzene rings is 2. The number of methoxy groups -OCH3 is 2. The first kappa shape index (κ1) is 18.9. The number of hydrazone groups is 1. The number of hydrogen-bond donors (Lipinski definition) is 0. The Morgan fingerprint density at radius 1 is 1.03 bits per heavy atom. The van der Waals surface area contributed by atoms with Crippen molar-refractivity contribution in [1.29, 1.82) is 0 Å². The predicted molar refractivity (Wildman–Crippen MR) is 114 cm³/mol. The molecule has 1 aromatic heterocycles. The number of furan rings is 1. The molecule has 3 aromatic rings. The van der Waals surface area contributed by atoms with Crippen molar-refractivity contribution >= 4 is 17.3 Å². The van der Waals surface area contributed by atoms with Crippen LogP contribution in [0.4, 0.5) is 0 Å². The van der Waals surface area contributed by atoms with Gasteiger partial charge in [-0.25, -0.2) is 5.01 Å². The van der Waals surface area contributed by atoms with E-state index in [1.54, 1.807) is 14.2 Å². The molecule has 2 aliphatic rings. The SMILES string of the molecule is COc1ccc(C2Oc3ccc(Cl)cc3C3CC(c4ccc(C)o4)=NN32)cc1OC. The summed E-state index contributed by atoms with van der Waals surface area (Å²) in [6.07, 6.45) is 0.282. The monoisotopic (exact) mass is 424 g/mol. The second-order valence-electron chi connectivity index (χ2n) is 7.32. The van der Waals surface area contributed by atoms with Crippen LogP contribution in [0.15, 0.2) is 58.0 Å². The highest BCUT2D eigenvalue weighted by atomic mass is 35.5. The number of halogens is 1. The molecule has 0 amide bonds. The van der Waals surface area contributed by atoms with Gasteiger partial charge in [0.2, 0.25) is 6.23 Å². The van der Waals surface area contributed by atoms with Gasteiger partial charge in [0.05, 0.1) is 20.3 Å². The van der Waals surface area contributed by atoms with Crippen molar-refractivity contribution in [2.75, 3.05) is 14.2 Å². The maximum absolute atomic E-state index is 6.38. The summed E-state index contributed by atoms with van der Waals surface area (Å²) in [4.78, 5) is 0. The van der Waals surface area contributed by atoms with E-state index in [9.17, 15) is 0 Å². The Morgan fingerprint density at radius 2 is 1.87 bits per heavy atom. The molecule has 2 unspecified atom stereocenters. The lowest BCUT2D eigenvalue weighted by Gasteiger charge is -2.38. The third kappa shape index (κ3) is 3.08. The van der Waals surface area contributed by atoms with Crippen molar-refractivity contribution in [2.24, 2.45) is 5.10 Å². The summed E-state index contributed by atoms with van der Waals surface area (Å²) < 4.78 is 23.1. The van der Waals surface area contributed by atoms with Gasteiger partial charge in [-0.1, -0.05) is 11.6 Å². The largest absolute Gasteiger partial charge is 0.493 e. The normalized spacial score (nSPS) is 19.6. The van der Waals surface area contributed by atoms with E-state index >= 15 is 0 Å². The Morgan fingerprint density at radius 3 is 2.60 bits per heavy atom. The van der Waals surface area contributed by atoms with E-state index in [2.05, 4.69) is 0 Å². The molecular weight excluding hydrogens is 404 g/mol. The topological polar surface area (TPSA) is 56.4 Å². The van der Waals surface area contributed by atoms with Crippen LogP contribution in [0.3, 0.4) is 0 Å². The highest BCUT2D eigenvalue weighted by Gasteiger charge is 2.42. The number of hydrogen-bond acceptors (Lipinski definition) is 6. The molecule has 0 radical (unpaired) electrons. The lowest BCUT2D eigenvalue weighted by Crippen LogP contribution is -2.33. The van der Waals surface area contributed by atoms with E-state index in [1.165, 1.54) is 0 Å². The summed E-state index contributed by atoms with van der Waals surface area (Å²) in [6.45, 7) is 1.93. The zero-order chi connectivity index (χ0) is 20.8. The first-order valence-electron chi connectivity index (χ1n) is 9.68. The van der Waals surface area contributed by atoms with Gasteiger partial charge in [-0.2, -0.15) is 5.10 Å². The minimum atomic E-state index is -0.419. The fourth-order valence-corrected chi connectivity index (χ4v) is 4.20. The summed E-state index contributed by atoms with van der Waals surface area (Å²) >= 11 is 6.29. The minimum Gasteiger partial charge on any atom is -0.493 e. The Hall–Kier alpha value is -3.12. The van der Waals surface area contributed by atoms with E-state index in [1.807, 2.05) is 60.5 Å². The second kappa shape index (κ2) is 7.29. The van der Waals surface area contributed by atoms with Crippen LogP contribution in [-0.4, -0.2) is 24.9 Å². The molecule has 30 heavy (non-hydrogen) atoms. The molecule has 0 fully saturated rings. The van der Waals surface area contributed by atoms with Crippen molar-refractivity contribution in [2.45, 2.75) is 25.6 Å². The first-order valence-corrected chi connectivity index (χ1v) is 10.1. The Kier molecular flexibility index (Phi) is 4.59. The molecule has 0 bridgehead atoms. The average molecular weight is 425 g/mol. The van der Waals surface area contributed by atoms with E-state index in [0.29, 0.717) is 22.9 Å². The molecular formula is C23H21ClN2O4. The van der Waals surface area contributed by atoms with Crippen LogP contribution in [0.1, 0.15) is 41.3 Å². The summed E-state index contributed by atoms with van der Waals surface area (Å²) in [5.74, 6) is 3.73. The van der Waals surface area contributed by atoms with Gasteiger partial charge in [0, 0.05) is 22.6 Å². The average Bonchev–Trinajstić information content (AvgIpc) is 3.39. The fourth-order valence-electron chi connectivity index (χ4n) is 4.02. The molecule has 2 aliphatic heterocycles. The van der Waals surface area contributed by atoms with Gasteiger partial charge in [0.1, 0.15) is 23.0 Å². The lowest BCUT2D eigenvalue weighted by atomic mass is 9.97. The third-order valence-corrected chi connectivity index (χ3v) is 5.70. The van der Waals surface area contributed by atoms with Crippen LogP contribution >= 0.6 is 11.6 Å². The Labute approximate surface area is 179 Å². The van der Waals surface area contributed by atoms with E-state index in [-0.39, 0.29) is 6.04 Å². The van der Waals surface area contributed by atoms with E-state index in [4.69, 9.17) is 35.3 Å². The van der Waals surface area contributed by atoms with Crippen molar-refractivity contribution in [3.8, 4) is 17.2 Å². The maximum Gasteiger partial charge on any atom is 0.214 e. The van der Waals surface area contributed by atoms with Crippen LogP contribution in [0.5, 0.6) is 17.2 Å². The number of nitrogens with zero attached hydrogens (tertiary/aromatic N) is 2. The van der Waals surface area contributed by atoms with Crippen LogP contribution in [0.25, 0.3) is 0 Å². The third-order valence-electron chi connectivity index (χ3n) is 5.47. The summed E-state index contributed by atoms with van der Waals surface area (Å²) in [6, 6.07) is 15.4. The molecule has 0 spiro atoms. The molecule has 154 valence electrons. The van der Waals surface area contributed by atoms with Gasteiger partial charge >= 0.3 is 0 Å². The van der Waals surface area contributed by atoms with Gasteiger partial charge in [-0.3, -0.25) is 0 Å². The van der Waals surface area contributed by atoms with Crippen molar-refractivity contribution < 1.29 is 18.6 Å². The molecule has 6 nitrogen and oxygen atoms in total. The molecule has 0 saturated heterocycles. The molecule has 0 saturated carbocycles. The molecule has 2 atom stereocenters. The summed E-state index contributed by atoms with van der Waals surface area (Å²) in [5, 5.41) is 7.54. The quantitative estimate of drug-likeness (QED) is 0.553. The van der Waals surface area contributed by atoms with E-state index in [0.717, 1.165) is 34.1 Å². The van der Waals surface area contributed by atoms with Crippen LogP contribution in [-0.2, 0) is 0 Å². The highest BCUT2D eigenvalue weighted by Crippen LogP contribution is 2.49. The molecule has 7 heteroatoms. The molecule has 2 aromatic carbocycles. The second-order valence-corrected chi connectivity index (χ2v) is 7.76. The van der Waals surface area contributed by atoms with E-state index < -0.39 is 6.23 Å².